The summed E-state index contributed by atoms with van der Waals surface area (Å²) in [7, 11) is 0. The molecule has 2 N–H and O–H groups in total. The molecule has 1 saturated carbocycles. The summed E-state index contributed by atoms with van der Waals surface area (Å²) in [6, 6.07) is 2.37. The molecule has 13 heavy (non-hydrogen) atoms. The van der Waals surface area contributed by atoms with E-state index in [9.17, 15) is 0 Å². The van der Waals surface area contributed by atoms with Gasteiger partial charge < -0.3 is 15.2 Å². The average Bonchev–Trinajstić information content (AvgIpc) is 2.76. The summed E-state index contributed by atoms with van der Waals surface area (Å²) in [5, 5.41) is 10.5. The fourth-order valence-electron chi connectivity index (χ4n) is 0.991. The third kappa shape index (κ3) is 2.42. The predicted octanol–water partition coefficient (Wildman–Crippen LogP) is 1.43. The maximum atomic E-state index is 5.06. The van der Waals surface area contributed by atoms with Crippen molar-refractivity contribution >= 4 is 23.1 Å². The van der Waals surface area contributed by atoms with Crippen LogP contribution in [0.2, 0.25) is 0 Å². The smallest absolute Gasteiger partial charge is 0.175 e. The summed E-state index contributed by atoms with van der Waals surface area (Å²) in [5.41, 5.74) is 0. The zero-order chi connectivity index (χ0) is 9.26. The first kappa shape index (κ1) is 8.50. The van der Waals surface area contributed by atoms with Crippen LogP contribution in [0.4, 0.5) is 5.82 Å². The van der Waals surface area contributed by atoms with E-state index in [4.69, 9.17) is 16.7 Å². The number of rotatable bonds is 2. The molecular formula is C8H11N3OS. The molecule has 0 amide bonds. The van der Waals surface area contributed by atoms with Gasteiger partial charge in [-0.1, -0.05) is 5.16 Å². The highest BCUT2D eigenvalue weighted by molar-refractivity contribution is 7.80. The van der Waals surface area contributed by atoms with Crippen LogP contribution in [0.3, 0.4) is 0 Å². The SMILES string of the molecule is Cc1cc(NC(=S)NC2CC2)no1. The van der Waals surface area contributed by atoms with Crippen LogP contribution in [-0.2, 0) is 0 Å². The minimum absolute atomic E-state index is 0.563. The maximum absolute atomic E-state index is 5.06. The number of hydrogen-bond acceptors (Lipinski definition) is 3. The van der Waals surface area contributed by atoms with Gasteiger partial charge in [0.1, 0.15) is 5.76 Å². The van der Waals surface area contributed by atoms with Gasteiger partial charge in [0.15, 0.2) is 10.9 Å². The summed E-state index contributed by atoms with van der Waals surface area (Å²) in [6.45, 7) is 1.84. The number of hydrogen-bond donors (Lipinski definition) is 2. The van der Waals surface area contributed by atoms with Gasteiger partial charge in [0, 0.05) is 12.1 Å². The number of aromatic nitrogens is 1. The Labute approximate surface area is 81.7 Å². The Morgan fingerprint density at radius 1 is 1.69 bits per heavy atom. The van der Waals surface area contributed by atoms with Crippen LogP contribution >= 0.6 is 12.2 Å². The Bertz CT molecular complexity index is 319. The van der Waals surface area contributed by atoms with Gasteiger partial charge in [-0.2, -0.15) is 0 Å². The number of nitrogens with zero attached hydrogens (tertiary/aromatic N) is 1. The molecule has 70 valence electrons. The molecule has 0 spiro atoms. The zero-order valence-corrected chi connectivity index (χ0v) is 8.15. The van der Waals surface area contributed by atoms with Gasteiger partial charge in [0.2, 0.25) is 0 Å². The van der Waals surface area contributed by atoms with Crippen molar-refractivity contribution in [2.24, 2.45) is 0 Å². The first-order valence-electron chi connectivity index (χ1n) is 4.25. The van der Waals surface area contributed by atoms with Gasteiger partial charge in [-0.05, 0) is 32.0 Å². The standard InChI is InChI=1S/C8H11N3OS/c1-5-4-7(11-12-5)10-8(13)9-6-2-3-6/h4,6H,2-3H2,1H3,(H2,9,10,11,13). The van der Waals surface area contributed by atoms with E-state index in [0.717, 1.165) is 5.76 Å². The molecule has 1 aromatic rings. The molecule has 0 bridgehead atoms. The summed E-state index contributed by atoms with van der Waals surface area (Å²) in [5.74, 6) is 1.44. The number of thiocarbonyl (C=S) groups is 1. The van der Waals surface area contributed by atoms with Crippen LogP contribution in [0.1, 0.15) is 18.6 Å². The molecule has 2 rings (SSSR count). The van der Waals surface area contributed by atoms with Crippen molar-refractivity contribution in [1.82, 2.24) is 10.5 Å². The molecule has 0 saturated heterocycles. The van der Waals surface area contributed by atoms with Gasteiger partial charge in [-0.25, -0.2) is 0 Å². The zero-order valence-electron chi connectivity index (χ0n) is 7.33. The van der Waals surface area contributed by atoms with Gasteiger partial charge in [0.05, 0.1) is 0 Å². The molecular weight excluding hydrogens is 186 g/mol. The van der Waals surface area contributed by atoms with Crippen LogP contribution in [0.5, 0.6) is 0 Å². The van der Waals surface area contributed by atoms with Gasteiger partial charge in [0.25, 0.3) is 0 Å². The summed E-state index contributed by atoms with van der Waals surface area (Å²) >= 11 is 5.06. The Morgan fingerprint density at radius 2 is 2.46 bits per heavy atom. The van der Waals surface area contributed by atoms with Gasteiger partial charge in [-0.3, -0.25) is 0 Å². The van der Waals surface area contributed by atoms with E-state index in [-0.39, 0.29) is 0 Å². The molecule has 1 fully saturated rings. The fourth-order valence-corrected chi connectivity index (χ4v) is 1.26. The molecule has 1 heterocycles. The van der Waals surface area contributed by atoms with Gasteiger partial charge >= 0.3 is 0 Å². The lowest BCUT2D eigenvalue weighted by atomic mass is 10.5. The molecule has 0 radical (unpaired) electrons. The first-order chi connectivity index (χ1) is 6.24. The minimum Gasteiger partial charge on any atom is -0.360 e. The van der Waals surface area contributed by atoms with Crippen LogP contribution in [0, 0.1) is 6.92 Å². The monoisotopic (exact) mass is 197 g/mol. The largest absolute Gasteiger partial charge is 0.360 e. The number of aryl methyl sites for hydroxylation is 1. The lowest BCUT2D eigenvalue weighted by Gasteiger charge is -2.05. The predicted molar refractivity (Wildman–Crippen MR) is 53.6 cm³/mol. The summed E-state index contributed by atoms with van der Waals surface area (Å²) < 4.78 is 4.89. The van der Waals surface area contributed by atoms with Crippen molar-refractivity contribution in [1.29, 1.82) is 0 Å². The summed E-state index contributed by atoms with van der Waals surface area (Å²) in [4.78, 5) is 0. The molecule has 0 atom stereocenters. The Hall–Kier alpha value is -1.10. The Balaban J connectivity index is 1.85. The molecule has 0 unspecified atom stereocenters. The van der Waals surface area contributed by atoms with Crippen molar-refractivity contribution in [2.75, 3.05) is 5.32 Å². The number of nitrogens with one attached hydrogen (secondary N) is 2. The number of anilines is 1. The van der Waals surface area contributed by atoms with E-state index in [0.29, 0.717) is 17.0 Å². The molecule has 5 heteroatoms. The molecule has 1 aliphatic carbocycles. The van der Waals surface area contributed by atoms with Crippen molar-refractivity contribution in [3.63, 3.8) is 0 Å². The second-order valence-corrected chi connectivity index (χ2v) is 3.60. The summed E-state index contributed by atoms with van der Waals surface area (Å²) in [6.07, 6.45) is 2.42. The van der Waals surface area contributed by atoms with Crippen molar-refractivity contribution in [3.05, 3.63) is 11.8 Å². The van der Waals surface area contributed by atoms with E-state index in [1.807, 2.05) is 6.92 Å². The normalized spacial score (nSPS) is 15.5. The Kier molecular flexibility index (Phi) is 2.18. The van der Waals surface area contributed by atoms with Crippen LogP contribution in [-0.4, -0.2) is 16.3 Å². The van der Waals surface area contributed by atoms with E-state index >= 15 is 0 Å². The topological polar surface area (TPSA) is 50.1 Å². The van der Waals surface area contributed by atoms with Crippen LogP contribution in [0.15, 0.2) is 10.6 Å². The lowest BCUT2D eigenvalue weighted by Crippen LogP contribution is -2.30. The fraction of sp³-hybridized carbons (Fsp3) is 0.500. The molecule has 1 aliphatic rings. The van der Waals surface area contributed by atoms with E-state index in [2.05, 4.69) is 15.8 Å². The van der Waals surface area contributed by atoms with Crippen LogP contribution in [0.25, 0.3) is 0 Å². The van der Waals surface area contributed by atoms with Crippen molar-refractivity contribution < 1.29 is 4.52 Å². The average molecular weight is 197 g/mol. The molecule has 1 aromatic heterocycles. The molecule has 4 nitrogen and oxygen atoms in total. The quantitative estimate of drug-likeness (QED) is 0.702. The minimum atomic E-state index is 0.563. The van der Waals surface area contributed by atoms with E-state index < -0.39 is 0 Å². The Morgan fingerprint density at radius 3 is 3.00 bits per heavy atom. The first-order valence-corrected chi connectivity index (χ1v) is 4.66. The molecule has 0 aromatic carbocycles. The lowest BCUT2D eigenvalue weighted by molar-refractivity contribution is 0.400. The molecule has 0 aliphatic heterocycles. The van der Waals surface area contributed by atoms with E-state index in [1.165, 1.54) is 12.8 Å². The van der Waals surface area contributed by atoms with Crippen molar-refractivity contribution in [3.8, 4) is 0 Å². The second-order valence-electron chi connectivity index (χ2n) is 3.20. The third-order valence-corrected chi connectivity index (χ3v) is 2.00. The van der Waals surface area contributed by atoms with Crippen molar-refractivity contribution in [2.45, 2.75) is 25.8 Å². The third-order valence-electron chi connectivity index (χ3n) is 1.78. The van der Waals surface area contributed by atoms with E-state index in [1.54, 1.807) is 6.07 Å². The highest BCUT2D eigenvalue weighted by Crippen LogP contribution is 2.18. The van der Waals surface area contributed by atoms with Crippen LogP contribution < -0.4 is 10.6 Å². The highest BCUT2D eigenvalue weighted by atomic mass is 32.1. The van der Waals surface area contributed by atoms with Gasteiger partial charge in [-0.15, -0.1) is 0 Å². The second kappa shape index (κ2) is 3.33. The highest BCUT2D eigenvalue weighted by Gasteiger charge is 2.21. The maximum Gasteiger partial charge on any atom is 0.175 e.